The summed E-state index contributed by atoms with van der Waals surface area (Å²) in [5.41, 5.74) is 0. The Kier molecular flexibility index (Phi) is 4.21. The molecule has 2 unspecified atom stereocenters. The summed E-state index contributed by atoms with van der Waals surface area (Å²) in [6.07, 6.45) is 3.57. The minimum atomic E-state index is -0.922. The van der Waals surface area contributed by atoms with Crippen molar-refractivity contribution in [3.05, 3.63) is 0 Å². The number of tetrazole rings is 1. The number of aromatic nitrogens is 4. The first-order valence-electron chi connectivity index (χ1n) is 6.19. The number of carbonyl (C=O) groups is 1. The third-order valence-electron chi connectivity index (χ3n) is 3.19. The molecule has 2 atom stereocenters. The van der Waals surface area contributed by atoms with Gasteiger partial charge >= 0.3 is 5.97 Å². The average Bonchev–Trinajstić information content (AvgIpc) is 2.63. The first kappa shape index (κ1) is 13.3. The standard InChI is InChI=1S/C11H18N4O2S/c1-7-3-8(2)5-9(4-7)18-11-12-13-14-15(11)6-10(16)17/h7-9H,3-6H2,1-2H3,(H,16,17). The van der Waals surface area contributed by atoms with Crippen molar-refractivity contribution in [2.75, 3.05) is 0 Å². The summed E-state index contributed by atoms with van der Waals surface area (Å²) in [6.45, 7) is 4.36. The number of hydrogen-bond donors (Lipinski definition) is 1. The number of carboxylic acids is 1. The van der Waals surface area contributed by atoms with E-state index in [1.807, 2.05) is 0 Å². The van der Waals surface area contributed by atoms with Crippen LogP contribution in [0.4, 0.5) is 0 Å². The van der Waals surface area contributed by atoms with Crippen LogP contribution in [0.2, 0.25) is 0 Å². The Labute approximate surface area is 110 Å². The Morgan fingerprint density at radius 3 is 2.67 bits per heavy atom. The molecule has 1 N–H and O–H groups in total. The summed E-state index contributed by atoms with van der Waals surface area (Å²) in [6, 6.07) is 0. The number of aliphatic carboxylic acids is 1. The lowest BCUT2D eigenvalue weighted by Crippen LogP contribution is -2.22. The maximum Gasteiger partial charge on any atom is 0.325 e. The lowest BCUT2D eigenvalue weighted by atomic mass is 9.83. The van der Waals surface area contributed by atoms with E-state index in [0.717, 1.165) is 24.7 Å². The summed E-state index contributed by atoms with van der Waals surface area (Å²) < 4.78 is 1.36. The van der Waals surface area contributed by atoms with Crippen LogP contribution in [0.3, 0.4) is 0 Å². The van der Waals surface area contributed by atoms with Gasteiger partial charge in [-0.15, -0.1) is 5.10 Å². The zero-order valence-electron chi connectivity index (χ0n) is 10.6. The van der Waals surface area contributed by atoms with E-state index in [9.17, 15) is 4.79 Å². The molecule has 1 fully saturated rings. The molecule has 0 amide bonds. The van der Waals surface area contributed by atoms with Crippen molar-refractivity contribution >= 4 is 17.7 Å². The normalized spacial score (nSPS) is 28.2. The van der Waals surface area contributed by atoms with Crippen molar-refractivity contribution in [1.29, 1.82) is 0 Å². The van der Waals surface area contributed by atoms with E-state index in [1.54, 1.807) is 11.8 Å². The van der Waals surface area contributed by atoms with Crippen LogP contribution in [-0.4, -0.2) is 36.5 Å². The molecule has 7 heteroatoms. The lowest BCUT2D eigenvalue weighted by Gasteiger charge is -2.30. The van der Waals surface area contributed by atoms with Crippen LogP contribution in [0.15, 0.2) is 5.16 Å². The molecule has 1 aliphatic rings. The molecule has 0 aromatic carbocycles. The lowest BCUT2D eigenvalue weighted by molar-refractivity contribution is -0.138. The van der Waals surface area contributed by atoms with Crippen molar-refractivity contribution in [3.63, 3.8) is 0 Å². The SMILES string of the molecule is CC1CC(C)CC(Sc2nnnn2CC(=O)O)C1. The molecule has 100 valence electrons. The minimum absolute atomic E-state index is 0.173. The molecular formula is C11H18N4O2S. The number of thioether (sulfide) groups is 1. The van der Waals surface area contributed by atoms with E-state index in [-0.39, 0.29) is 6.54 Å². The molecule has 0 saturated heterocycles. The predicted octanol–water partition coefficient (Wildman–Crippen LogP) is 1.67. The summed E-state index contributed by atoms with van der Waals surface area (Å²) in [7, 11) is 0. The number of carboxylic acid groups (broad SMARTS) is 1. The highest BCUT2D eigenvalue weighted by molar-refractivity contribution is 7.99. The van der Waals surface area contributed by atoms with Gasteiger partial charge in [-0.3, -0.25) is 4.79 Å². The smallest absolute Gasteiger partial charge is 0.325 e. The maximum atomic E-state index is 10.7. The number of nitrogens with zero attached hydrogens (tertiary/aromatic N) is 4. The molecule has 2 rings (SSSR count). The van der Waals surface area contributed by atoms with Crippen LogP contribution in [0, 0.1) is 11.8 Å². The van der Waals surface area contributed by atoms with Crippen molar-refractivity contribution < 1.29 is 9.90 Å². The van der Waals surface area contributed by atoms with Gasteiger partial charge in [0.05, 0.1) is 0 Å². The van der Waals surface area contributed by atoms with Crippen molar-refractivity contribution in [1.82, 2.24) is 20.2 Å². The van der Waals surface area contributed by atoms with Gasteiger partial charge in [-0.05, 0) is 41.5 Å². The monoisotopic (exact) mass is 270 g/mol. The van der Waals surface area contributed by atoms with E-state index >= 15 is 0 Å². The minimum Gasteiger partial charge on any atom is -0.480 e. The fourth-order valence-corrected chi connectivity index (χ4v) is 4.08. The van der Waals surface area contributed by atoms with Gasteiger partial charge in [0.25, 0.3) is 0 Å². The molecule has 0 aliphatic heterocycles. The van der Waals surface area contributed by atoms with Crippen LogP contribution < -0.4 is 0 Å². The van der Waals surface area contributed by atoms with Gasteiger partial charge in [0.15, 0.2) is 0 Å². The van der Waals surface area contributed by atoms with E-state index in [0.29, 0.717) is 10.4 Å². The Hall–Kier alpha value is -1.11. The second-order valence-corrected chi connectivity index (χ2v) is 6.44. The fourth-order valence-electron chi connectivity index (χ4n) is 2.63. The van der Waals surface area contributed by atoms with Crippen molar-refractivity contribution in [3.8, 4) is 0 Å². The van der Waals surface area contributed by atoms with Gasteiger partial charge in [-0.25, -0.2) is 4.68 Å². The van der Waals surface area contributed by atoms with E-state index in [1.165, 1.54) is 11.1 Å². The first-order chi connectivity index (χ1) is 8.54. The molecule has 1 heterocycles. The van der Waals surface area contributed by atoms with Gasteiger partial charge in [0.2, 0.25) is 5.16 Å². The molecule has 1 aliphatic carbocycles. The van der Waals surface area contributed by atoms with E-state index in [4.69, 9.17) is 5.11 Å². The molecule has 1 aromatic heterocycles. The van der Waals surface area contributed by atoms with Gasteiger partial charge in [-0.2, -0.15) is 0 Å². The summed E-state index contributed by atoms with van der Waals surface area (Å²) in [4.78, 5) is 10.7. The Morgan fingerprint density at radius 1 is 1.39 bits per heavy atom. The second-order valence-electron chi connectivity index (χ2n) is 5.17. The largest absolute Gasteiger partial charge is 0.480 e. The predicted molar refractivity (Wildman–Crippen MR) is 67.3 cm³/mol. The number of hydrogen-bond acceptors (Lipinski definition) is 5. The zero-order chi connectivity index (χ0) is 13.1. The number of rotatable bonds is 4. The first-order valence-corrected chi connectivity index (χ1v) is 7.07. The van der Waals surface area contributed by atoms with Crippen LogP contribution in [0.1, 0.15) is 33.1 Å². The maximum absolute atomic E-state index is 10.7. The van der Waals surface area contributed by atoms with Gasteiger partial charge in [0.1, 0.15) is 6.54 Å². The van der Waals surface area contributed by atoms with Crippen molar-refractivity contribution in [2.24, 2.45) is 11.8 Å². The summed E-state index contributed by atoms with van der Waals surface area (Å²) in [5, 5.41) is 21.1. The van der Waals surface area contributed by atoms with Gasteiger partial charge < -0.3 is 5.11 Å². The molecule has 1 aromatic rings. The molecule has 0 spiro atoms. The van der Waals surface area contributed by atoms with Gasteiger partial charge in [0, 0.05) is 5.25 Å². The van der Waals surface area contributed by atoms with E-state index < -0.39 is 5.97 Å². The molecule has 6 nitrogen and oxygen atoms in total. The molecular weight excluding hydrogens is 252 g/mol. The topological polar surface area (TPSA) is 80.9 Å². The average molecular weight is 270 g/mol. The quantitative estimate of drug-likeness (QED) is 0.896. The Balaban J connectivity index is 2.00. The third-order valence-corrected chi connectivity index (χ3v) is 4.41. The van der Waals surface area contributed by atoms with Crippen LogP contribution in [0.25, 0.3) is 0 Å². The van der Waals surface area contributed by atoms with Crippen LogP contribution in [-0.2, 0) is 11.3 Å². The van der Waals surface area contributed by atoms with E-state index in [2.05, 4.69) is 29.4 Å². The molecule has 0 radical (unpaired) electrons. The van der Waals surface area contributed by atoms with Crippen LogP contribution >= 0.6 is 11.8 Å². The summed E-state index contributed by atoms with van der Waals surface area (Å²) >= 11 is 1.61. The third kappa shape index (κ3) is 3.44. The summed E-state index contributed by atoms with van der Waals surface area (Å²) in [5.74, 6) is 0.514. The Morgan fingerprint density at radius 2 is 2.06 bits per heavy atom. The highest BCUT2D eigenvalue weighted by Crippen LogP contribution is 2.37. The molecule has 0 bridgehead atoms. The van der Waals surface area contributed by atoms with Crippen LogP contribution in [0.5, 0.6) is 0 Å². The zero-order valence-corrected chi connectivity index (χ0v) is 11.4. The Bertz CT molecular complexity index is 413. The molecule has 1 saturated carbocycles. The fraction of sp³-hybridized carbons (Fsp3) is 0.818. The molecule has 18 heavy (non-hydrogen) atoms. The van der Waals surface area contributed by atoms with Gasteiger partial charge in [-0.1, -0.05) is 25.6 Å². The van der Waals surface area contributed by atoms with Crippen molar-refractivity contribution in [2.45, 2.75) is 50.1 Å². The highest BCUT2D eigenvalue weighted by Gasteiger charge is 2.26. The highest BCUT2D eigenvalue weighted by atomic mass is 32.2. The second kappa shape index (κ2) is 5.69.